The van der Waals surface area contributed by atoms with Crippen LogP contribution in [0.15, 0.2) is 24.3 Å². The maximum Gasteiger partial charge on any atom is 0.305 e. The lowest BCUT2D eigenvalue weighted by Crippen LogP contribution is -2.14. The molecule has 0 aliphatic rings. The third kappa shape index (κ3) is 18.7. The van der Waals surface area contributed by atoms with Gasteiger partial charge in [-0.25, -0.2) is 0 Å². The van der Waals surface area contributed by atoms with Gasteiger partial charge < -0.3 is 23.7 Å². The van der Waals surface area contributed by atoms with Gasteiger partial charge in [-0.15, -0.1) is 0 Å². The molecule has 1 aromatic rings. The average Bonchev–Trinajstić information content (AvgIpc) is 2.86. The number of nitrogens with zero attached hydrogens (tertiary/aromatic N) is 1. The molecule has 0 N–H and O–H groups in total. The van der Waals surface area contributed by atoms with Gasteiger partial charge in [0.05, 0.1) is 44.6 Å². The van der Waals surface area contributed by atoms with E-state index < -0.39 is 4.92 Å². The van der Waals surface area contributed by atoms with Crippen LogP contribution in [0.2, 0.25) is 0 Å². The van der Waals surface area contributed by atoms with E-state index in [1.807, 2.05) is 0 Å². The first-order valence-electron chi connectivity index (χ1n) is 12.9. The molecule has 0 bridgehead atoms. The monoisotopic (exact) mass is 497 g/mol. The number of hydrogen-bond donors (Lipinski definition) is 0. The van der Waals surface area contributed by atoms with Crippen LogP contribution in [0.5, 0.6) is 5.75 Å². The predicted octanol–water partition coefficient (Wildman–Crippen LogP) is 5.49. The number of benzene rings is 1. The minimum Gasteiger partial charge on any atom is -0.491 e. The lowest BCUT2D eigenvalue weighted by atomic mass is 10.1. The van der Waals surface area contributed by atoms with Gasteiger partial charge in [0.25, 0.3) is 5.69 Å². The van der Waals surface area contributed by atoms with Crippen molar-refractivity contribution >= 4 is 11.7 Å². The highest BCUT2D eigenvalue weighted by Crippen LogP contribution is 2.17. The Morgan fingerprint density at radius 2 is 1.20 bits per heavy atom. The molecule has 0 fully saturated rings. The van der Waals surface area contributed by atoms with Gasteiger partial charge in [0.2, 0.25) is 0 Å². The molecule has 9 heteroatoms. The molecule has 0 radical (unpaired) electrons. The van der Waals surface area contributed by atoms with Crippen LogP contribution in [0, 0.1) is 10.1 Å². The van der Waals surface area contributed by atoms with Gasteiger partial charge in [0, 0.05) is 18.6 Å². The molecule has 0 aromatic heterocycles. The topological polar surface area (TPSA) is 106 Å². The maximum atomic E-state index is 11.7. The molecular weight excluding hydrogens is 454 g/mol. The number of carbonyl (C=O) groups is 1. The summed E-state index contributed by atoms with van der Waals surface area (Å²) in [5.41, 5.74) is 0.0279. The van der Waals surface area contributed by atoms with Crippen LogP contribution in [0.25, 0.3) is 0 Å². The fourth-order valence-electron chi connectivity index (χ4n) is 3.29. The SMILES string of the molecule is CCCCCCCCCCCC(=O)OCCOCCOCCOCCOc1ccc([N+](=O)[O-])cc1. The van der Waals surface area contributed by atoms with Gasteiger partial charge in [-0.3, -0.25) is 14.9 Å². The molecule has 0 saturated heterocycles. The predicted molar refractivity (Wildman–Crippen MR) is 134 cm³/mol. The molecule has 1 aromatic carbocycles. The molecule has 0 unspecified atom stereocenters. The molecule has 0 amide bonds. The first kappa shape index (κ1) is 30.8. The number of carbonyl (C=O) groups excluding carboxylic acids is 1. The summed E-state index contributed by atoms with van der Waals surface area (Å²) < 4.78 is 26.8. The van der Waals surface area contributed by atoms with Crippen LogP contribution in [-0.2, 0) is 23.7 Å². The molecular formula is C26H43NO8. The highest BCUT2D eigenvalue weighted by atomic mass is 16.6. The number of ether oxygens (including phenoxy) is 5. The normalized spacial score (nSPS) is 10.9. The Kier molecular flexibility index (Phi) is 19.6. The van der Waals surface area contributed by atoms with Gasteiger partial charge in [0.15, 0.2) is 0 Å². The minimum absolute atomic E-state index is 0.0279. The zero-order valence-electron chi connectivity index (χ0n) is 21.3. The summed E-state index contributed by atoms with van der Waals surface area (Å²) in [6.45, 7) is 5.34. The number of unbranched alkanes of at least 4 members (excludes halogenated alkanes) is 8. The van der Waals surface area contributed by atoms with Crippen LogP contribution < -0.4 is 4.74 Å². The summed E-state index contributed by atoms with van der Waals surface area (Å²) in [6.07, 6.45) is 11.5. The van der Waals surface area contributed by atoms with E-state index in [4.69, 9.17) is 23.7 Å². The fraction of sp³-hybridized carbons (Fsp3) is 0.731. The Hall–Kier alpha value is -2.23. The van der Waals surface area contributed by atoms with Crippen molar-refractivity contribution in [2.24, 2.45) is 0 Å². The zero-order valence-corrected chi connectivity index (χ0v) is 21.3. The summed E-state index contributed by atoms with van der Waals surface area (Å²) in [5, 5.41) is 10.6. The Morgan fingerprint density at radius 1 is 0.714 bits per heavy atom. The van der Waals surface area contributed by atoms with Crippen molar-refractivity contribution < 1.29 is 33.4 Å². The van der Waals surface area contributed by atoms with Crippen LogP contribution in [0.1, 0.15) is 71.1 Å². The van der Waals surface area contributed by atoms with Gasteiger partial charge in [-0.1, -0.05) is 58.3 Å². The van der Waals surface area contributed by atoms with Crippen LogP contribution in [-0.4, -0.2) is 63.7 Å². The van der Waals surface area contributed by atoms with E-state index in [9.17, 15) is 14.9 Å². The third-order valence-corrected chi connectivity index (χ3v) is 5.26. The van der Waals surface area contributed by atoms with Crippen molar-refractivity contribution in [2.75, 3.05) is 52.9 Å². The Labute approximate surface area is 209 Å². The quantitative estimate of drug-likeness (QED) is 0.0799. The van der Waals surface area contributed by atoms with E-state index in [1.54, 1.807) is 12.1 Å². The maximum absolute atomic E-state index is 11.7. The highest BCUT2D eigenvalue weighted by molar-refractivity contribution is 5.69. The van der Waals surface area contributed by atoms with Gasteiger partial charge in [0.1, 0.15) is 19.0 Å². The number of nitro groups is 1. The van der Waals surface area contributed by atoms with Crippen molar-refractivity contribution in [1.29, 1.82) is 0 Å². The second-order valence-corrected chi connectivity index (χ2v) is 8.24. The molecule has 0 heterocycles. The van der Waals surface area contributed by atoms with Crippen LogP contribution in [0.4, 0.5) is 5.69 Å². The van der Waals surface area contributed by atoms with E-state index in [0.29, 0.717) is 58.4 Å². The second kappa shape index (κ2) is 22.2. The standard InChI is InChI=1S/C26H43NO8/c1-2-3-4-5-6-7-8-9-10-11-26(28)35-23-21-33-19-17-31-16-18-32-20-22-34-25-14-12-24(13-15-25)27(29)30/h12-15H,2-11,16-23H2,1H3. The van der Waals surface area contributed by atoms with Crippen molar-refractivity contribution in [3.8, 4) is 5.75 Å². The summed E-state index contributed by atoms with van der Waals surface area (Å²) in [4.78, 5) is 21.8. The summed E-state index contributed by atoms with van der Waals surface area (Å²) in [5.74, 6) is 0.407. The number of nitro benzene ring substituents is 1. The summed E-state index contributed by atoms with van der Waals surface area (Å²) >= 11 is 0. The second-order valence-electron chi connectivity index (χ2n) is 8.24. The van der Waals surface area contributed by atoms with Gasteiger partial charge in [-0.05, 0) is 18.6 Å². The molecule has 0 aliphatic heterocycles. The van der Waals surface area contributed by atoms with Gasteiger partial charge in [-0.2, -0.15) is 0 Å². The molecule has 0 saturated carbocycles. The number of non-ortho nitro benzene ring substituents is 1. The van der Waals surface area contributed by atoms with Crippen molar-refractivity contribution in [3.05, 3.63) is 34.4 Å². The molecule has 9 nitrogen and oxygen atoms in total. The number of esters is 1. The lowest BCUT2D eigenvalue weighted by molar-refractivity contribution is -0.384. The third-order valence-electron chi connectivity index (χ3n) is 5.26. The van der Waals surface area contributed by atoms with E-state index in [2.05, 4.69) is 6.92 Å². The number of rotatable bonds is 24. The summed E-state index contributed by atoms with van der Waals surface area (Å²) in [7, 11) is 0. The van der Waals surface area contributed by atoms with E-state index in [-0.39, 0.29) is 18.3 Å². The zero-order chi connectivity index (χ0) is 25.4. The fourth-order valence-corrected chi connectivity index (χ4v) is 3.29. The Morgan fingerprint density at radius 3 is 1.74 bits per heavy atom. The van der Waals surface area contributed by atoms with Crippen molar-refractivity contribution in [1.82, 2.24) is 0 Å². The highest BCUT2D eigenvalue weighted by Gasteiger charge is 2.04. The smallest absolute Gasteiger partial charge is 0.305 e. The molecule has 0 spiro atoms. The molecule has 200 valence electrons. The minimum atomic E-state index is -0.452. The Balaban J connectivity index is 1.78. The molecule has 0 aliphatic carbocycles. The first-order valence-corrected chi connectivity index (χ1v) is 12.9. The average molecular weight is 498 g/mol. The molecule has 35 heavy (non-hydrogen) atoms. The molecule has 1 rings (SSSR count). The van der Waals surface area contributed by atoms with Crippen LogP contribution in [0.3, 0.4) is 0 Å². The lowest BCUT2D eigenvalue weighted by Gasteiger charge is -2.08. The largest absolute Gasteiger partial charge is 0.491 e. The Bertz CT molecular complexity index is 653. The van der Waals surface area contributed by atoms with Gasteiger partial charge >= 0.3 is 5.97 Å². The molecule has 0 atom stereocenters. The van der Waals surface area contributed by atoms with E-state index in [0.717, 1.165) is 12.8 Å². The van der Waals surface area contributed by atoms with E-state index in [1.165, 1.54) is 57.1 Å². The summed E-state index contributed by atoms with van der Waals surface area (Å²) in [6, 6.07) is 5.91. The number of hydrogen-bond acceptors (Lipinski definition) is 8. The van der Waals surface area contributed by atoms with Crippen molar-refractivity contribution in [2.45, 2.75) is 71.1 Å². The first-order chi connectivity index (χ1) is 17.1. The van der Waals surface area contributed by atoms with E-state index >= 15 is 0 Å². The van der Waals surface area contributed by atoms with Crippen LogP contribution >= 0.6 is 0 Å². The van der Waals surface area contributed by atoms with Crippen molar-refractivity contribution in [3.63, 3.8) is 0 Å².